The number of hydrogen-bond acceptors (Lipinski definition) is 6. The highest BCUT2D eigenvalue weighted by Crippen LogP contribution is 2.09. The summed E-state index contributed by atoms with van der Waals surface area (Å²) < 4.78 is 15.2. The highest BCUT2D eigenvalue weighted by atomic mass is 16.6. The van der Waals surface area contributed by atoms with Crippen LogP contribution in [0.1, 0.15) is 50.4 Å². The molecular weight excluding hydrogens is 300 g/mol. The lowest BCUT2D eigenvalue weighted by Crippen LogP contribution is -2.43. The number of methoxy groups -OCH3 is 1. The van der Waals surface area contributed by atoms with E-state index in [9.17, 15) is 9.59 Å². The van der Waals surface area contributed by atoms with E-state index in [0.29, 0.717) is 18.8 Å². The van der Waals surface area contributed by atoms with E-state index in [1.165, 1.54) is 7.11 Å². The fourth-order valence-electron chi connectivity index (χ4n) is 1.82. The summed E-state index contributed by atoms with van der Waals surface area (Å²) in [6, 6.07) is 3.22. The molecule has 1 atom stereocenters. The van der Waals surface area contributed by atoms with Crippen molar-refractivity contribution in [2.24, 2.45) is 0 Å². The van der Waals surface area contributed by atoms with E-state index in [1.807, 2.05) is 27.7 Å². The molecule has 0 spiro atoms. The molecule has 0 aliphatic heterocycles. The molecule has 0 bridgehead atoms. The number of esters is 1. The molecule has 1 amide bonds. The van der Waals surface area contributed by atoms with Gasteiger partial charge in [-0.2, -0.15) is 0 Å². The summed E-state index contributed by atoms with van der Waals surface area (Å²) in [4.78, 5) is 23.0. The van der Waals surface area contributed by atoms with E-state index in [4.69, 9.17) is 9.15 Å². The lowest BCUT2D eigenvalue weighted by Gasteiger charge is -2.23. The van der Waals surface area contributed by atoms with Crippen LogP contribution in [0.4, 0.5) is 4.79 Å². The normalized spacial score (nSPS) is 12.6. The first-order valence-corrected chi connectivity index (χ1v) is 7.62. The smallest absolute Gasteiger partial charge is 0.407 e. The van der Waals surface area contributed by atoms with Gasteiger partial charge < -0.3 is 24.5 Å². The molecule has 7 nitrogen and oxygen atoms in total. The molecular formula is C16H26N2O5. The van der Waals surface area contributed by atoms with E-state index in [1.54, 1.807) is 12.1 Å². The monoisotopic (exact) mass is 326 g/mol. The van der Waals surface area contributed by atoms with Crippen LogP contribution in [-0.4, -0.2) is 37.4 Å². The van der Waals surface area contributed by atoms with E-state index in [0.717, 1.165) is 6.42 Å². The minimum atomic E-state index is -0.520. The van der Waals surface area contributed by atoms with Crippen LogP contribution in [0.3, 0.4) is 0 Å². The standard InChI is InChI=1S/C16H26N2O5/c1-6-11(18-15(20)23-16(2,3)4)9-17-10-12-7-8-13(22-12)14(19)21-5/h7-8,11,17H,6,9-10H2,1-5H3,(H,18,20). The van der Waals surface area contributed by atoms with Crippen molar-refractivity contribution < 1.29 is 23.5 Å². The first kappa shape index (κ1) is 19.0. The van der Waals surface area contributed by atoms with Gasteiger partial charge in [0.25, 0.3) is 0 Å². The van der Waals surface area contributed by atoms with Gasteiger partial charge in [0.1, 0.15) is 11.4 Å². The highest BCUT2D eigenvalue weighted by Gasteiger charge is 2.18. The van der Waals surface area contributed by atoms with E-state index in [-0.39, 0.29) is 11.8 Å². The molecule has 0 fully saturated rings. The zero-order valence-electron chi connectivity index (χ0n) is 14.4. The molecule has 1 rings (SSSR count). The van der Waals surface area contributed by atoms with Gasteiger partial charge in [0.2, 0.25) is 5.76 Å². The summed E-state index contributed by atoms with van der Waals surface area (Å²) in [6.45, 7) is 8.45. The van der Waals surface area contributed by atoms with Crippen LogP contribution in [0.5, 0.6) is 0 Å². The Labute approximate surface area is 136 Å². The number of carbonyl (C=O) groups excluding carboxylic acids is 2. The molecule has 0 saturated carbocycles. The van der Waals surface area contributed by atoms with Crippen LogP contribution in [-0.2, 0) is 16.0 Å². The fourth-order valence-corrected chi connectivity index (χ4v) is 1.82. The summed E-state index contributed by atoms with van der Waals surface area (Å²) in [7, 11) is 1.30. The summed E-state index contributed by atoms with van der Waals surface area (Å²) in [6.07, 6.45) is 0.328. The number of carbonyl (C=O) groups is 2. The maximum absolute atomic E-state index is 11.7. The van der Waals surface area contributed by atoms with Gasteiger partial charge >= 0.3 is 12.1 Å². The molecule has 1 aromatic rings. The molecule has 1 unspecified atom stereocenters. The minimum Gasteiger partial charge on any atom is -0.463 e. The van der Waals surface area contributed by atoms with Crippen LogP contribution < -0.4 is 10.6 Å². The van der Waals surface area contributed by atoms with Crippen LogP contribution in [0.15, 0.2) is 16.5 Å². The first-order chi connectivity index (χ1) is 10.7. The molecule has 0 aromatic carbocycles. The molecule has 0 aliphatic carbocycles. The molecule has 1 aromatic heterocycles. The minimum absolute atomic E-state index is 0.0557. The zero-order chi connectivity index (χ0) is 17.5. The van der Waals surface area contributed by atoms with Gasteiger partial charge in [-0.15, -0.1) is 0 Å². The van der Waals surface area contributed by atoms with Crippen molar-refractivity contribution >= 4 is 12.1 Å². The molecule has 130 valence electrons. The summed E-state index contributed by atoms with van der Waals surface area (Å²) in [5.41, 5.74) is -0.520. The van der Waals surface area contributed by atoms with Gasteiger partial charge in [-0.25, -0.2) is 9.59 Å². The van der Waals surface area contributed by atoms with Gasteiger partial charge in [-0.3, -0.25) is 0 Å². The van der Waals surface area contributed by atoms with E-state index < -0.39 is 17.7 Å². The molecule has 0 radical (unpaired) electrons. The van der Waals surface area contributed by atoms with Crippen molar-refractivity contribution in [1.82, 2.24) is 10.6 Å². The van der Waals surface area contributed by atoms with Gasteiger partial charge in [0.05, 0.1) is 13.7 Å². The average Bonchev–Trinajstić information content (AvgIpc) is 2.92. The topological polar surface area (TPSA) is 89.8 Å². The van der Waals surface area contributed by atoms with Crippen molar-refractivity contribution in [3.05, 3.63) is 23.7 Å². The average molecular weight is 326 g/mol. The van der Waals surface area contributed by atoms with E-state index >= 15 is 0 Å². The maximum Gasteiger partial charge on any atom is 0.407 e. The largest absolute Gasteiger partial charge is 0.463 e. The summed E-state index contributed by atoms with van der Waals surface area (Å²) in [5.74, 6) is 0.287. The lowest BCUT2D eigenvalue weighted by molar-refractivity contribution is 0.0500. The number of nitrogens with one attached hydrogen (secondary N) is 2. The van der Waals surface area contributed by atoms with Crippen molar-refractivity contribution in [1.29, 1.82) is 0 Å². The number of hydrogen-bond donors (Lipinski definition) is 2. The van der Waals surface area contributed by atoms with Crippen molar-refractivity contribution in [2.75, 3.05) is 13.7 Å². The Balaban J connectivity index is 2.38. The number of alkyl carbamates (subject to hydrolysis) is 1. The Morgan fingerprint density at radius 2 is 2.00 bits per heavy atom. The second kappa shape index (κ2) is 8.57. The quantitative estimate of drug-likeness (QED) is 0.748. The molecule has 0 saturated heterocycles. The second-order valence-electron chi connectivity index (χ2n) is 6.14. The SMILES string of the molecule is CCC(CNCc1ccc(C(=O)OC)o1)NC(=O)OC(C)(C)C. The zero-order valence-corrected chi connectivity index (χ0v) is 14.4. The van der Waals surface area contributed by atoms with E-state index in [2.05, 4.69) is 15.4 Å². The number of rotatable bonds is 7. The molecule has 0 aliphatic rings. The predicted molar refractivity (Wildman–Crippen MR) is 85.2 cm³/mol. The molecule has 7 heteroatoms. The number of amides is 1. The summed E-state index contributed by atoms with van der Waals surface area (Å²) >= 11 is 0. The third-order valence-corrected chi connectivity index (χ3v) is 2.95. The predicted octanol–water partition coefficient (Wildman–Crippen LogP) is 2.46. The van der Waals surface area contributed by atoms with Gasteiger partial charge in [-0.1, -0.05) is 6.92 Å². The summed E-state index contributed by atoms with van der Waals surface area (Å²) in [5, 5.41) is 5.99. The number of furan rings is 1. The Hall–Kier alpha value is -2.02. The molecule has 1 heterocycles. The second-order valence-corrected chi connectivity index (χ2v) is 6.14. The van der Waals surface area contributed by atoms with Gasteiger partial charge in [0.15, 0.2) is 0 Å². The Morgan fingerprint density at radius 3 is 2.57 bits per heavy atom. The fraction of sp³-hybridized carbons (Fsp3) is 0.625. The maximum atomic E-state index is 11.7. The lowest BCUT2D eigenvalue weighted by atomic mass is 10.2. The van der Waals surface area contributed by atoms with Crippen molar-refractivity contribution in [2.45, 2.75) is 52.3 Å². The third-order valence-electron chi connectivity index (χ3n) is 2.95. The van der Waals surface area contributed by atoms with Crippen LogP contribution >= 0.6 is 0 Å². The molecule has 23 heavy (non-hydrogen) atoms. The Morgan fingerprint density at radius 1 is 1.30 bits per heavy atom. The van der Waals surface area contributed by atoms with Crippen LogP contribution in [0.25, 0.3) is 0 Å². The van der Waals surface area contributed by atoms with Gasteiger partial charge in [0, 0.05) is 12.6 Å². The highest BCUT2D eigenvalue weighted by molar-refractivity contribution is 5.86. The molecule has 2 N–H and O–H groups in total. The van der Waals surface area contributed by atoms with Crippen LogP contribution in [0, 0.1) is 0 Å². The number of ether oxygens (including phenoxy) is 2. The first-order valence-electron chi connectivity index (χ1n) is 7.62. The Bertz CT molecular complexity index is 519. The third kappa shape index (κ3) is 7.19. The van der Waals surface area contributed by atoms with Gasteiger partial charge in [-0.05, 0) is 39.3 Å². The van der Waals surface area contributed by atoms with Crippen molar-refractivity contribution in [3.63, 3.8) is 0 Å². The van der Waals surface area contributed by atoms with Crippen LogP contribution in [0.2, 0.25) is 0 Å². The Kier molecular flexibility index (Phi) is 7.09. The van der Waals surface area contributed by atoms with Crippen molar-refractivity contribution in [3.8, 4) is 0 Å².